The van der Waals surface area contributed by atoms with E-state index in [4.69, 9.17) is 0 Å². The highest BCUT2D eigenvalue weighted by Gasteiger charge is 2.27. The zero-order valence-corrected chi connectivity index (χ0v) is 12.0. The maximum atomic E-state index is 14.0. The average molecular weight is 271 g/mol. The summed E-state index contributed by atoms with van der Waals surface area (Å²) in [6.07, 6.45) is 5.21. The molecule has 1 unspecified atom stereocenters. The van der Waals surface area contributed by atoms with Gasteiger partial charge in [0.1, 0.15) is 5.82 Å². The van der Waals surface area contributed by atoms with Gasteiger partial charge in [0.2, 0.25) is 0 Å². The molecule has 1 N–H and O–H groups in total. The molecule has 0 radical (unpaired) electrons. The van der Waals surface area contributed by atoms with Gasteiger partial charge in [-0.2, -0.15) is 0 Å². The van der Waals surface area contributed by atoms with Crippen molar-refractivity contribution in [3.8, 4) is 0 Å². The molecule has 0 bridgehead atoms. The molecule has 0 spiro atoms. The Morgan fingerprint density at radius 2 is 1.80 bits per heavy atom. The second-order valence-corrected chi connectivity index (χ2v) is 5.76. The Kier molecular flexibility index (Phi) is 4.02. The molecule has 2 aromatic carbocycles. The minimum absolute atomic E-state index is 0.119. The summed E-state index contributed by atoms with van der Waals surface area (Å²) in [5.41, 5.74) is 1.26. The summed E-state index contributed by atoms with van der Waals surface area (Å²) in [6.45, 7) is 3.10. The van der Waals surface area contributed by atoms with Crippen molar-refractivity contribution in [1.29, 1.82) is 0 Å². The van der Waals surface area contributed by atoms with Crippen LogP contribution in [0.1, 0.15) is 44.2 Å². The van der Waals surface area contributed by atoms with Gasteiger partial charge in [-0.1, -0.05) is 50.1 Å². The van der Waals surface area contributed by atoms with E-state index in [-0.39, 0.29) is 5.82 Å². The van der Waals surface area contributed by atoms with Crippen LogP contribution in [0.2, 0.25) is 0 Å². The number of hydrogen-bond acceptors (Lipinski definition) is 1. The predicted octanol–water partition coefficient (Wildman–Crippen LogP) is 4.82. The van der Waals surface area contributed by atoms with Crippen LogP contribution in [0, 0.1) is 11.7 Å². The normalized spacial score (nSPS) is 17.7. The molecule has 20 heavy (non-hydrogen) atoms. The van der Waals surface area contributed by atoms with Gasteiger partial charge < -0.3 is 5.32 Å². The molecule has 0 amide bonds. The van der Waals surface area contributed by atoms with Crippen molar-refractivity contribution in [2.75, 3.05) is 6.54 Å². The summed E-state index contributed by atoms with van der Waals surface area (Å²) in [7, 11) is 0. The lowest BCUT2D eigenvalue weighted by Gasteiger charge is -2.26. The largest absolute Gasteiger partial charge is 0.310 e. The number of benzene rings is 2. The Bertz CT molecular complexity index is 587. The minimum Gasteiger partial charge on any atom is -0.310 e. The molecule has 1 nitrogen and oxygen atoms in total. The van der Waals surface area contributed by atoms with Crippen molar-refractivity contribution < 1.29 is 4.39 Å². The van der Waals surface area contributed by atoms with Gasteiger partial charge in [-0.3, -0.25) is 0 Å². The predicted molar refractivity (Wildman–Crippen MR) is 82.3 cm³/mol. The van der Waals surface area contributed by atoms with E-state index in [1.807, 2.05) is 30.3 Å². The number of nitrogens with one attached hydrogen (secondary N) is 1. The van der Waals surface area contributed by atoms with Crippen molar-refractivity contribution in [2.45, 2.75) is 38.6 Å². The fourth-order valence-corrected chi connectivity index (χ4v) is 3.60. The first-order chi connectivity index (χ1) is 9.81. The second-order valence-electron chi connectivity index (χ2n) is 5.76. The second kappa shape index (κ2) is 5.92. The number of hydrogen-bond donors (Lipinski definition) is 1. The molecule has 1 fully saturated rings. The third-order valence-corrected chi connectivity index (χ3v) is 4.53. The highest BCUT2D eigenvalue weighted by Crippen LogP contribution is 2.38. The lowest BCUT2D eigenvalue weighted by molar-refractivity contribution is 0.376. The van der Waals surface area contributed by atoms with Crippen LogP contribution >= 0.6 is 0 Å². The maximum Gasteiger partial charge on any atom is 0.131 e. The molecule has 2 aromatic rings. The molecular formula is C18H22FN. The van der Waals surface area contributed by atoms with Gasteiger partial charge in [0, 0.05) is 11.4 Å². The molecule has 1 aliphatic rings. The van der Waals surface area contributed by atoms with Crippen LogP contribution in [0.25, 0.3) is 10.8 Å². The van der Waals surface area contributed by atoms with E-state index in [2.05, 4.69) is 12.2 Å². The molecule has 1 atom stereocenters. The maximum absolute atomic E-state index is 14.0. The molecule has 3 rings (SSSR count). The van der Waals surface area contributed by atoms with Gasteiger partial charge in [-0.25, -0.2) is 4.39 Å². The van der Waals surface area contributed by atoms with E-state index < -0.39 is 0 Å². The van der Waals surface area contributed by atoms with Crippen molar-refractivity contribution in [1.82, 2.24) is 5.32 Å². The standard InChI is InChI=1S/C18H22FN/c1-2-20-18(13-7-3-4-8-13)16-11-12-17(19)15-10-6-5-9-14(15)16/h5-6,9-13,18,20H,2-4,7-8H2,1H3. The van der Waals surface area contributed by atoms with Gasteiger partial charge in [0.05, 0.1) is 0 Å². The summed E-state index contributed by atoms with van der Waals surface area (Å²) in [5, 5.41) is 5.43. The van der Waals surface area contributed by atoms with Crippen LogP contribution in [0.15, 0.2) is 36.4 Å². The number of halogens is 1. The number of fused-ring (bicyclic) bond motifs is 1. The smallest absolute Gasteiger partial charge is 0.131 e. The van der Waals surface area contributed by atoms with Crippen molar-refractivity contribution in [3.05, 3.63) is 47.8 Å². The van der Waals surface area contributed by atoms with Crippen molar-refractivity contribution in [3.63, 3.8) is 0 Å². The first kappa shape index (κ1) is 13.6. The summed E-state index contributed by atoms with van der Waals surface area (Å²) in [4.78, 5) is 0. The fourth-order valence-electron chi connectivity index (χ4n) is 3.60. The van der Waals surface area contributed by atoms with Crippen LogP contribution in [0.5, 0.6) is 0 Å². The van der Waals surface area contributed by atoms with E-state index >= 15 is 0 Å². The average Bonchev–Trinajstić information content (AvgIpc) is 3.00. The topological polar surface area (TPSA) is 12.0 Å². The zero-order valence-electron chi connectivity index (χ0n) is 12.0. The summed E-state index contributed by atoms with van der Waals surface area (Å²) in [5.74, 6) is 0.565. The van der Waals surface area contributed by atoms with Crippen LogP contribution in [0.3, 0.4) is 0 Å². The molecule has 0 aromatic heterocycles. The quantitative estimate of drug-likeness (QED) is 0.840. The molecule has 0 aliphatic heterocycles. The lowest BCUT2D eigenvalue weighted by Crippen LogP contribution is -2.27. The Morgan fingerprint density at radius 1 is 1.10 bits per heavy atom. The first-order valence-electron chi connectivity index (χ1n) is 7.71. The zero-order chi connectivity index (χ0) is 13.9. The van der Waals surface area contributed by atoms with Gasteiger partial charge >= 0.3 is 0 Å². The van der Waals surface area contributed by atoms with E-state index in [1.165, 1.54) is 31.2 Å². The molecule has 1 aliphatic carbocycles. The van der Waals surface area contributed by atoms with E-state index in [0.29, 0.717) is 12.0 Å². The molecule has 0 saturated heterocycles. The summed E-state index contributed by atoms with van der Waals surface area (Å²) >= 11 is 0. The molecule has 106 valence electrons. The Balaban J connectivity index is 2.08. The van der Waals surface area contributed by atoms with Crippen molar-refractivity contribution >= 4 is 10.8 Å². The van der Waals surface area contributed by atoms with Gasteiger partial charge in [-0.15, -0.1) is 0 Å². The molecule has 1 saturated carbocycles. The van der Waals surface area contributed by atoms with Crippen LogP contribution in [-0.4, -0.2) is 6.54 Å². The van der Waals surface area contributed by atoms with Crippen LogP contribution in [0.4, 0.5) is 4.39 Å². The van der Waals surface area contributed by atoms with E-state index in [9.17, 15) is 4.39 Å². The summed E-state index contributed by atoms with van der Waals surface area (Å²) < 4.78 is 14.0. The van der Waals surface area contributed by atoms with Gasteiger partial charge in [-0.05, 0) is 42.3 Å². The van der Waals surface area contributed by atoms with Gasteiger partial charge in [0.25, 0.3) is 0 Å². The number of rotatable bonds is 4. The molecule has 0 heterocycles. The van der Waals surface area contributed by atoms with E-state index in [0.717, 1.165) is 17.3 Å². The fraction of sp³-hybridized carbons (Fsp3) is 0.444. The first-order valence-corrected chi connectivity index (χ1v) is 7.71. The molecular weight excluding hydrogens is 249 g/mol. The third kappa shape index (κ3) is 2.45. The Morgan fingerprint density at radius 3 is 2.50 bits per heavy atom. The summed E-state index contributed by atoms with van der Waals surface area (Å²) in [6, 6.07) is 11.8. The van der Waals surface area contributed by atoms with Crippen LogP contribution < -0.4 is 5.32 Å². The Hall–Kier alpha value is -1.41. The lowest BCUT2D eigenvalue weighted by atomic mass is 9.88. The third-order valence-electron chi connectivity index (χ3n) is 4.53. The minimum atomic E-state index is -0.119. The Labute approximate surface area is 120 Å². The van der Waals surface area contributed by atoms with Crippen molar-refractivity contribution in [2.24, 2.45) is 5.92 Å². The SMILES string of the molecule is CCNC(c1ccc(F)c2ccccc12)C1CCCC1. The molecule has 2 heteroatoms. The highest BCUT2D eigenvalue weighted by atomic mass is 19.1. The van der Waals surface area contributed by atoms with E-state index in [1.54, 1.807) is 6.07 Å². The monoisotopic (exact) mass is 271 g/mol. The van der Waals surface area contributed by atoms with Gasteiger partial charge in [0.15, 0.2) is 0 Å². The van der Waals surface area contributed by atoms with Crippen LogP contribution in [-0.2, 0) is 0 Å². The highest BCUT2D eigenvalue weighted by molar-refractivity contribution is 5.86.